The molecule has 3 amide bonds. The maximum atomic E-state index is 12.7. The largest absolute Gasteiger partial charge is 0.396 e. The average Bonchev–Trinajstić information content (AvgIpc) is 2.79. The van der Waals surface area contributed by atoms with Gasteiger partial charge in [0.2, 0.25) is 5.91 Å². The molecule has 4 unspecified atom stereocenters. The molecule has 6 nitrogen and oxygen atoms in total. The maximum absolute atomic E-state index is 12.7. The summed E-state index contributed by atoms with van der Waals surface area (Å²) >= 11 is 0. The summed E-state index contributed by atoms with van der Waals surface area (Å²) in [4.78, 5) is 26.6. The van der Waals surface area contributed by atoms with Crippen molar-refractivity contribution in [2.24, 2.45) is 17.8 Å². The van der Waals surface area contributed by atoms with E-state index in [1.807, 2.05) is 4.90 Å². The number of aliphatic hydroxyl groups is 1. The summed E-state index contributed by atoms with van der Waals surface area (Å²) in [6.07, 6.45) is 11.6. The molecule has 0 aromatic carbocycles. The highest BCUT2D eigenvalue weighted by molar-refractivity contribution is 5.77. The molecular weight excluding hydrogens is 342 g/mol. The van der Waals surface area contributed by atoms with Crippen molar-refractivity contribution in [2.75, 3.05) is 19.7 Å². The normalized spacial score (nSPS) is 35.7. The number of carbonyl (C=O) groups excluding carboxylic acids is 2. The van der Waals surface area contributed by atoms with Gasteiger partial charge in [-0.3, -0.25) is 4.79 Å². The summed E-state index contributed by atoms with van der Waals surface area (Å²) in [5.41, 5.74) is 0.0454. The quantitative estimate of drug-likeness (QED) is 0.688. The molecule has 1 heterocycles. The maximum Gasteiger partial charge on any atom is 0.315 e. The molecule has 4 fully saturated rings. The van der Waals surface area contributed by atoms with Crippen LogP contribution in [0.4, 0.5) is 4.79 Å². The first-order chi connectivity index (χ1) is 13.1. The van der Waals surface area contributed by atoms with Crippen LogP contribution in [0.1, 0.15) is 70.6 Å². The molecule has 3 aliphatic carbocycles. The number of piperidine rings is 1. The Kier molecular flexibility index (Phi) is 5.62. The highest BCUT2D eigenvalue weighted by atomic mass is 16.3. The first-order valence-corrected chi connectivity index (χ1v) is 11.0. The molecule has 6 heteroatoms. The second-order valence-corrected chi connectivity index (χ2v) is 9.53. The number of hydrogen-bond acceptors (Lipinski definition) is 3. The fraction of sp³-hybridized carbons (Fsp3) is 0.905. The number of amides is 3. The summed E-state index contributed by atoms with van der Waals surface area (Å²) in [7, 11) is 0. The number of aliphatic hydroxyl groups excluding tert-OH is 1. The number of rotatable bonds is 5. The molecular formula is C21H35N3O3. The van der Waals surface area contributed by atoms with Crippen molar-refractivity contribution in [2.45, 2.75) is 82.2 Å². The second kappa shape index (κ2) is 7.98. The van der Waals surface area contributed by atoms with E-state index in [0.717, 1.165) is 30.6 Å². The zero-order chi connectivity index (χ0) is 18.9. The Hall–Kier alpha value is -1.30. The van der Waals surface area contributed by atoms with Gasteiger partial charge in [-0.1, -0.05) is 19.3 Å². The van der Waals surface area contributed by atoms with Crippen molar-refractivity contribution in [3.63, 3.8) is 0 Å². The summed E-state index contributed by atoms with van der Waals surface area (Å²) in [5, 5.41) is 15.4. The number of urea groups is 1. The van der Waals surface area contributed by atoms with Crippen LogP contribution in [0.3, 0.4) is 0 Å². The SMILES string of the molecule is O=C(NC1CCN(C(=O)CCCO)CC1)NC12CC3CCCC(C1)C(C3)C2. The van der Waals surface area contributed by atoms with E-state index < -0.39 is 0 Å². The van der Waals surface area contributed by atoms with E-state index in [1.165, 1.54) is 44.9 Å². The lowest BCUT2D eigenvalue weighted by Crippen LogP contribution is -2.56. The third-order valence-corrected chi connectivity index (χ3v) is 7.59. The first kappa shape index (κ1) is 19.0. The summed E-state index contributed by atoms with van der Waals surface area (Å²) < 4.78 is 0. The number of nitrogens with zero attached hydrogens (tertiary/aromatic N) is 1. The van der Waals surface area contributed by atoms with Crippen LogP contribution < -0.4 is 10.6 Å². The zero-order valence-corrected chi connectivity index (χ0v) is 16.4. The van der Waals surface area contributed by atoms with Crippen LogP contribution in [-0.4, -0.2) is 53.2 Å². The number of carbonyl (C=O) groups is 2. The molecule has 3 bridgehead atoms. The van der Waals surface area contributed by atoms with Crippen molar-refractivity contribution in [3.05, 3.63) is 0 Å². The van der Waals surface area contributed by atoms with Crippen LogP contribution in [0.5, 0.6) is 0 Å². The molecule has 3 N–H and O–H groups in total. The number of nitrogens with one attached hydrogen (secondary N) is 2. The van der Waals surface area contributed by atoms with Crippen molar-refractivity contribution < 1.29 is 14.7 Å². The highest BCUT2D eigenvalue weighted by Gasteiger charge is 2.52. The van der Waals surface area contributed by atoms with Gasteiger partial charge in [-0.05, 0) is 62.7 Å². The summed E-state index contributed by atoms with van der Waals surface area (Å²) in [6, 6.07) is 0.157. The number of fused-ring (bicyclic) bond motifs is 2. The van der Waals surface area contributed by atoms with E-state index in [4.69, 9.17) is 5.11 Å². The van der Waals surface area contributed by atoms with Crippen LogP contribution in [-0.2, 0) is 4.79 Å². The Balaban J connectivity index is 1.24. The highest BCUT2D eigenvalue weighted by Crippen LogP contribution is 2.55. The fourth-order valence-electron chi connectivity index (χ4n) is 6.43. The molecule has 152 valence electrons. The standard InChI is InChI=1S/C21H35N3O3/c25-10-2-5-19(26)24-8-6-18(7-9-24)22-20(27)23-21-12-15-3-1-4-16(13-21)17(11-15)14-21/h15-18,25H,1-14H2,(H2,22,23,27). The van der Waals surface area contributed by atoms with E-state index >= 15 is 0 Å². The molecule has 0 radical (unpaired) electrons. The van der Waals surface area contributed by atoms with E-state index in [9.17, 15) is 9.59 Å². The Morgan fingerprint density at radius 3 is 2.59 bits per heavy atom. The fourth-order valence-corrected chi connectivity index (χ4v) is 6.43. The third kappa shape index (κ3) is 4.25. The van der Waals surface area contributed by atoms with Crippen LogP contribution in [0.2, 0.25) is 0 Å². The van der Waals surface area contributed by atoms with Gasteiger partial charge < -0.3 is 20.6 Å². The molecule has 1 aliphatic heterocycles. The van der Waals surface area contributed by atoms with E-state index in [2.05, 4.69) is 10.6 Å². The number of hydrogen-bond donors (Lipinski definition) is 3. The molecule has 4 atom stereocenters. The Bertz CT molecular complexity index is 557. The monoisotopic (exact) mass is 377 g/mol. The van der Waals surface area contributed by atoms with Gasteiger partial charge in [0.05, 0.1) is 0 Å². The lowest BCUT2D eigenvalue weighted by atomic mass is 9.75. The summed E-state index contributed by atoms with van der Waals surface area (Å²) in [6.45, 7) is 1.47. The van der Waals surface area contributed by atoms with Gasteiger partial charge in [0.15, 0.2) is 0 Å². The zero-order valence-electron chi connectivity index (χ0n) is 16.4. The van der Waals surface area contributed by atoms with Gasteiger partial charge in [-0.25, -0.2) is 4.79 Å². The molecule has 3 saturated carbocycles. The number of likely N-dealkylation sites (tertiary alicyclic amines) is 1. The lowest BCUT2D eigenvalue weighted by molar-refractivity contribution is -0.132. The van der Waals surface area contributed by atoms with Gasteiger partial charge in [0.25, 0.3) is 0 Å². The van der Waals surface area contributed by atoms with E-state index in [1.54, 1.807) is 0 Å². The Labute approximate surface area is 162 Å². The van der Waals surface area contributed by atoms with Gasteiger partial charge >= 0.3 is 6.03 Å². The smallest absolute Gasteiger partial charge is 0.315 e. The second-order valence-electron chi connectivity index (χ2n) is 9.53. The van der Waals surface area contributed by atoms with Crippen LogP contribution in [0, 0.1) is 17.8 Å². The van der Waals surface area contributed by atoms with E-state index in [-0.39, 0.29) is 30.1 Å². The Morgan fingerprint density at radius 2 is 1.81 bits per heavy atom. The van der Waals surface area contributed by atoms with Gasteiger partial charge in [-0.15, -0.1) is 0 Å². The average molecular weight is 378 g/mol. The minimum absolute atomic E-state index is 0.000630. The van der Waals surface area contributed by atoms with Crippen molar-refractivity contribution in [1.29, 1.82) is 0 Å². The third-order valence-electron chi connectivity index (χ3n) is 7.59. The van der Waals surface area contributed by atoms with Gasteiger partial charge in [0.1, 0.15) is 0 Å². The topological polar surface area (TPSA) is 81.7 Å². The molecule has 0 aromatic rings. The minimum Gasteiger partial charge on any atom is -0.396 e. The lowest BCUT2D eigenvalue weighted by Gasteiger charge is -2.39. The molecule has 27 heavy (non-hydrogen) atoms. The predicted octanol–water partition coefficient (Wildman–Crippen LogP) is 2.41. The molecule has 0 aromatic heterocycles. The van der Waals surface area contributed by atoms with Crippen molar-refractivity contribution in [3.8, 4) is 0 Å². The molecule has 0 spiro atoms. The molecule has 1 saturated heterocycles. The molecule has 4 rings (SSSR count). The van der Waals surface area contributed by atoms with Gasteiger partial charge in [-0.2, -0.15) is 0 Å². The minimum atomic E-state index is 0.000630. The van der Waals surface area contributed by atoms with Crippen LogP contribution in [0.15, 0.2) is 0 Å². The van der Waals surface area contributed by atoms with Crippen molar-refractivity contribution >= 4 is 11.9 Å². The Morgan fingerprint density at radius 1 is 1.04 bits per heavy atom. The van der Waals surface area contributed by atoms with Crippen molar-refractivity contribution in [1.82, 2.24) is 15.5 Å². The summed E-state index contributed by atoms with van der Waals surface area (Å²) in [5.74, 6) is 2.59. The van der Waals surface area contributed by atoms with Crippen LogP contribution >= 0.6 is 0 Å². The van der Waals surface area contributed by atoms with E-state index in [0.29, 0.717) is 25.9 Å². The van der Waals surface area contributed by atoms with Crippen LogP contribution in [0.25, 0.3) is 0 Å². The molecule has 4 aliphatic rings. The van der Waals surface area contributed by atoms with Gasteiger partial charge in [0, 0.05) is 37.7 Å². The first-order valence-electron chi connectivity index (χ1n) is 11.0. The predicted molar refractivity (Wildman–Crippen MR) is 103 cm³/mol.